The molecular weight excluding hydrogens is 276 g/mol. The molecule has 21 heavy (non-hydrogen) atoms. The zero-order valence-corrected chi connectivity index (χ0v) is 11.6. The number of hydrogen-bond donors (Lipinski definition) is 5. The van der Waals surface area contributed by atoms with Crippen LogP contribution in [0.3, 0.4) is 0 Å². The molecule has 0 saturated heterocycles. The monoisotopic (exact) mass is 296 g/mol. The minimum atomic E-state index is -1.24. The Morgan fingerprint density at radius 2 is 1.81 bits per heavy atom. The van der Waals surface area contributed by atoms with E-state index in [9.17, 15) is 5.11 Å². The second kappa shape index (κ2) is 8.56. The smallest absolute Gasteiger partial charge is 0.137 e. The summed E-state index contributed by atoms with van der Waals surface area (Å²) in [6.45, 7) is -1.46. The molecule has 0 aromatic heterocycles. The van der Waals surface area contributed by atoms with Crippen molar-refractivity contribution in [2.75, 3.05) is 33.0 Å². The Hall–Kier alpha value is -1.69. The third-order valence-corrected chi connectivity index (χ3v) is 3.06. The molecule has 7 nitrogen and oxygen atoms in total. The van der Waals surface area contributed by atoms with Crippen molar-refractivity contribution in [3.8, 4) is 11.8 Å². The van der Waals surface area contributed by atoms with E-state index < -0.39 is 31.5 Å². The molecule has 1 unspecified atom stereocenters. The van der Waals surface area contributed by atoms with Crippen LogP contribution in [-0.4, -0.2) is 65.0 Å². The van der Waals surface area contributed by atoms with Crippen LogP contribution in [0.2, 0.25) is 0 Å². The lowest BCUT2D eigenvalue weighted by Gasteiger charge is -2.29. The summed E-state index contributed by atoms with van der Waals surface area (Å²) in [7, 11) is 0. The highest BCUT2D eigenvalue weighted by molar-refractivity contribution is 5.42. The Morgan fingerprint density at radius 3 is 2.38 bits per heavy atom. The van der Waals surface area contributed by atoms with E-state index in [4.69, 9.17) is 25.3 Å². The third kappa shape index (κ3) is 4.97. The van der Waals surface area contributed by atoms with Gasteiger partial charge in [-0.1, -0.05) is 12.1 Å². The van der Waals surface area contributed by atoms with Gasteiger partial charge in [0.05, 0.1) is 30.9 Å². The normalized spacial score (nSPS) is 12.7. The number of para-hydroxylation sites is 1. The van der Waals surface area contributed by atoms with E-state index in [1.807, 2.05) is 6.07 Å². The van der Waals surface area contributed by atoms with Gasteiger partial charge in [-0.05, 0) is 12.1 Å². The maximum atomic E-state index is 9.81. The number of nitriles is 1. The van der Waals surface area contributed by atoms with Gasteiger partial charge < -0.3 is 30.5 Å². The van der Waals surface area contributed by atoms with E-state index in [0.29, 0.717) is 11.3 Å². The number of β-amino-alcohol motifs (C(OH)–C–C–N with tert-alkyl or cyclic N) is 1. The highest BCUT2D eigenvalue weighted by Gasteiger charge is 2.28. The highest BCUT2D eigenvalue weighted by atomic mass is 16.5. The lowest BCUT2D eigenvalue weighted by Crippen LogP contribution is -2.57. The Morgan fingerprint density at radius 1 is 1.19 bits per heavy atom. The van der Waals surface area contributed by atoms with Crippen LogP contribution in [0.15, 0.2) is 24.3 Å². The number of ether oxygens (including phenoxy) is 1. The van der Waals surface area contributed by atoms with E-state index in [1.165, 1.54) is 0 Å². The van der Waals surface area contributed by atoms with Gasteiger partial charge in [-0.15, -0.1) is 0 Å². The van der Waals surface area contributed by atoms with Crippen molar-refractivity contribution in [2.24, 2.45) is 0 Å². The van der Waals surface area contributed by atoms with E-state index in [1.54, 1.807) is 24.3 Å². The first-order valence-electron chi connectivity index (χ1n) is 6.48. The Balaban J connectivity index is 2.48. The lowest BCUT2D eigenvalue weighted by molar-refractivity contribution is 0.0260. The van der Waals surface area contributed by atoms with Gasteiger partial charge in [0.1, 0.15) is 24.5 Å². The van der Waals surface area contributed by atoms with Crippen LogP contribution in [-0.2, 0) is 0 Å². The van der Waals surface area contributed by atoms with Gasteiger partial charge in [0, 0.05) is 6.54 Å². The first-order chi connectivity index (χ1) is 10.1. The van der Waals surface area contributed by atoms with Gasteiger partial charge in [0.15, 0.2) is 0 Å². The molecular formula is C14H20N2O5. The van der Waals surface area contributed by atoms with Crippen molar-refractivity contribution in [3.05, 3.63) is 29.8 Å². The Bertz CT molecular complexity index is 462. The molecule has 7 heteroatoms. The van der Waals surface area contributed by atoms with E-state index in [-0.39, 0.29) is 13.2 Å². The summed E-state index contributed by atoms with van der Waals surface area (Å²) in [5.74, 6) is 0.372. The van der Waals surface area contributed by atoms with Gasteiger partial charge in [-0.2, -0.15) is 5.26 Å². The topological polar surface area (TPSA) is 126 Å². The molecule has 1 aromatic rings. The third-order valence-electron chi connectivity index (χ3n) is 3.06. The fourth-order valence-corrected chi connectivity index (χ4v) is 1.58. The van der Waals surface area contributed by atoms with Crippen LogP contribution >= 0.6 is 0 Å². The van der Waals surface area contributed by atoms with E-state index >= 15 is 0 Å². The lowest BCUT2D eigenvalue weighted by atomic mass is 10.0. The summed E-state index contributed by atoms with van der Waals surface area (Å²) in [5.41, 5.74) is -0.876. The number of aliphatic hydroxyl groups is 4. The molecule has 0 bridgehead atoms. The first-order valence-corrected chi connectivity index (χ1v) is 6.48. The molecule has 0 saturated carbocycles. The molecule has 0 aliphatic carbocycles. The molecule has 1 aromatic carbocycles. The zero-order valence-electron chi connectivity index (χ0n) is 11.6. The predicted octanol–water partition coefficient (Wildman–Crippen LogP) is -1.40. The van der Waals surface area contributed by atoms with Crippen LogP contribution in [0.1, 0.15) is 5.56 Å². The summed E-state index contributed by atoms with van der Waals surface area (Å²) < 4.78 is 5.36. The van der Waals surface area contributed by atoms with E-state index in [2.05, 4.69) is 5.32 Å². The van der Waals surface area contributed by atoms with Gasteiger partial charge in [0.2, 0.25) is 0 Å². The highest BCUT2D eigenvalue weighted by Crippen LogP contribution is 2.16. The molecule has 0 aliphatic rings. The molecule has 116 valence electrons. The van der Waals surface area contributed by atoms with Crippen molar-refractivity contribution < 1.29 is 25.2 Å². The van der Waals surface area contributed by atoms with Gasteiger partial charge >= 0.3 is 0 Å². The average molecular weight is 296 g/mol. The number of nitrogens with one attached hydrogen (secondary N) is 1. The number of hydrogen-bond acceptors (Lipinski definition) is 7. The van der Waals surface area contributed by atoms with Crippen LogP contribution in [0, 0.1) is 11.3 Å². The molecule has 1 atom stereocenters. The van der Waals surface area contributed by atoms with Crippen LogP contribution in [0.25, 0.3) is 0 Å². The molecule has 0 spiro atoms. The standard InChI is InChI=1S/C14H20N2O5/c15-5-11-3-1-2-4-13(11)21-7-12(20)6-16-14(8-17,9-18)10-19/h1-4,12,16-20H,6-10H2. The fourth-order valence-electron chi connectivity index (χ4n) is 1.58. The first kappa shape index (κ1) is 17.4. The number of nitrogens with zero attached hydrogens (tertiary/aromatic N) is 1. The fraction of sp³-hybridized carbons (Fsp3) is 0.500. The Kier molecular flexibility index (Phi) is 7.08. The summed E-state index contributed by atoms with van der Waals surface area (Å²) in [4.78, 5) is 0. The number of aliphatic hydroxyl groups excluding tert-OH is 4. The molecule has 0 aliphatic heterocycles. The molecule has 0 amide bonds. The maximum absolute atomic E-state index is 9.81. The molecule has 1 rings (SSSR count). The molecule has 0 radical (unpaired) electrons. The van der Waals surface area contributed by atoms with Gasteiger partial charge in [-0.25, -0.2) is 0 Å². The molecule has 0 fully saturated rings. The van der Waals surface area contributed by atoms with Crippen molar-refractivity contribution in [1.82, 2.24) is 5.32 Å². The number of rotatable bonds is 9. The van der Waals surface area contributed by atoms with Gasteiger partial charge in [0.25, 0.3) is 0 Å². The summed E-state index contributed by atoms with van der Waals surface area (Å²) >= 11 is 0. The van der Waals surface area contributed by atoms with E-state index in [0.717, 1.165) is 0 Å². The maximum Gasteiger partial charge on any atom is 0.137 e. The van der Waals surface area contributed by atoms with Gasteiger partial charge in [-0.3, -0.25) is 0 Å². The molecule has 0 heterocycles. The second-order valence-corrected chi connectivity index (χ2v) is 4.71. The zero-order chi connectivity index (χ0) is 15.7. The van der Waals surface area contributed by atoms with Crippen LogP contribution in [0.4, 0.5) is 0 Å². The minimum absolute atomic E-state index is 0.0103. The Labute approximate surface area is 123 Å². The van der Waals surface area contributed by atoms with Crippen LogP contribution in [0.5, 0.6) is 5.75 Å². The average Bonchev–Trinajstić information content (AvgIpc) is 2.55. The molecule has 5 N–H and O–H groups in total. The summed E-state index contributed by atoms with van der Waals surface area (Å²) in [5, 5.41) is 48.8. The number of benzene rings is 1. The van der Waals surface area contributed by atoms with Crippen LogP contribution < -0.4 is 10.1 Å². The minimum Gasteiger partial charge on any atom is -0.489 e. The van der Waals surface area contributed by atoms with Crippen molar-refractivity contribution in [2.45, 2.75) is 11.6 Å². The second-order valence-electron chi connectivity index (χ2n) is 4.71. The summed E-state index contributed by atoms with van der Waals surface area (Å²) in [6.07, 6.45) is -0.930. The predicted molar refractivity (Wildman–Crippen MR) is 74.6 cm³/mol. The largest absolute Gasteiger partial charge is 0.489 e. The van der Waals surface area contributed by atoms with Crippen molar-refractivity contribution >= 4 is 0 Å². The van der Waals surface area contributed by atoms with Crippen molar-refractivity contribution in [1.29, 1.82) is 5.26 Å². The van der Waals surface area contributed by atoms with Crippen molar-refractivity contribution in [3.63, 3.8) is 0 Å². The quantitative estimate of drug-likeness (QED) is 0.379. The summed E-state index contributed by atoms with van der Waals surface area (Å²) in [6, 6.07) is 8.64. The SMILES string of the molecule is N#Cc1ccccc1OCC(O)CNC(CO)(CO)CO.